The highest BCUT2D eigenvalue weighted by Gasteiger charge is 2.36. The first-order chi connectivity index (χ1) is 10.1. The Morgan fingerprint density at radius 3 is 2.71 bits per heavy atom. The maximum Gasteiger partial charge on any atom is 0.225 e. The highest BCUT2D eigenvalue weighted by atomic mass is 16.3. The second-order valence-corrected chi connectivity index (χ2v) is 6.44. The number of rotatable bonds is 4. The Morgan fingerprint density at radius 1 is 1.29 bits per heavy atom. The van der Waals surface area contributed by atoms with E-state index in [9.17, 15) is 9.90 Å². The molecule has 1 atom stereocenters. The highest BCUT2D eigenvalue weighted by Crippen LogP contribution is 2.33. The minimum atomic E-state index is -0.734. The van der Waals surface area contributed by atoms with E-state index in [-0.39, 0.29) is 5.91 Å². The minimum Gasteiger partial charge on any atom is -0.389 e. The van der Waals surface area contributed by atoms with Gasteiger partial charge in [0.2, 0.25) is 5.91 Å². The van der Waals surface area contributed by atoms with Gasteiger partial charge >= 0.3 is 0 Å². The molecule has 4 heteroatoms. The Bertz CT molecular complexity index is 483. The van der Waals surface area contributed by atoms with Gasteiger partial charge in [0, 0.05) is 24.8 Å². The molecule has 2 fully saturated rings. The van der Waals surface area contributed by atoms with Gasteiger partial charge in [0.05, 0.1) is 12.0 Å². The van der Waals surface area contributed by atoms with Crippen LogP contribution in [0.25, 0.3) is 0 Å². The monoisotopic (exact) mass is 288 g/mol. The second kappa shape index (κ2) is 6.06. The summed E-state index contributed by atoms with van der Waals surface area (Å²) in [6.45, 7) is 1.53. The van der Waals surface area contributed by atoms with Crippen LogP contribution < -0.4 is 5.32 Å². The first kappa shape index (κ1) is 14.4. The number of nitrogens with one attached hydrogen (secondary N) is 1. The lowest BCUT2D eigenvalue weighted by atomic mass is 9.97. The van der Waals surface area contributed by atoms with E-state index in [1.807, 2.05) is 35.2 Å². The first-order valence-corrected chi connectivity index (χ1v) is 7.96. The van der Waals surface area contributed by atoms with Crippen molar-refractivity contribution in [2.24, 2.45) is 0 Å². The van der Waals surface area contributed by atoms with Crippen LogP contribution >= 0.6 is 0 Å². The fourth-order valence-corrected chi connectivity index (χ4v) is 3.48. The number of aliphatic hydroxyl groups is 1. The van der Waals surface area contributed by atoms with Crippen LogP contribution in [0.1, 0.15) is 38.5 Å². The first-order valence-electron chi connectivity index (χ1n) is 7.96. The van der Waals surface area contributed by atoms with Gasteiger partial charge in [-0.15, -0.1) is 0 Å². The van der Waals surface area contributed by atoms with Crippen LogP contribution in [0.3, 0.4) is 0 Å². The molecule has 3 rings (SSSR count). The molecule has 1 aromatic rings. The van der Waals surface area contributed by atoms with Gasteiger partial charge < -0.3 is 15.3 Å². The molecule has 1 amide bonds. The SMILES string of the molecule is O=C(CC1(O)CCCC1)N1CCC(Nc2ccccc2)C1. The van der Waals surface area contributed by atoms with Crippen molar-refractivity contribution >= 4 is 11.6 Å². The molecule has 2 N–H and O–H groups in total. The average Bonchev–Trinajstić information content (AvgIpc) is 3.09. The van der Waals surface area contributed by atoms with Crippen molar-refractivity contribution < 1.29 is 9.90 Å². The number of benzene rings is 1. The van der Waals surface area contributed by atoms with Crippen molar-refractivity contribution in [3.05, 3.63) is 30.3 Å². The number of hydrogen-bond acceptors (Lipinski definition) is 3. The molecule has 0 bridgehead atoms. The quantitative estimate of drug-likeness (QED) is 0.894. The number of likely N-dealkylation sites (tertiary alicyclic amines) is 1. The zero-order valence-electron chi connectivity index (χ0n) is 12.4. The van der Waals surface area contributed by atoms with Crippen LogP contribution in [-0.4, -0.2) is 40.6 Å². The van der Waals surface area contributed by atoms with E-state index in [0.29, 0.717) is 12.5 Å². The third kappa shape index (κ3) is 3.56. The molecule has 21 heavy (non-hydrogen) atoms. The molecule has 4 nitrogen and oxygen atoms in total. The van der Waals surface area contributed by atoms with E-state index < -0.39 is 5.60 Å². The van der Waals surface area contributed by atoms with Crippen molar-refractivity contribution in [3.63, 3.8) is 0 Å². The summed E-state index contributed by atoms with van der Waals surface area (Å²) in [4.78, 5) is 14.2. The number of para-hydroxylation sites is 1. The molecular formula is C17H24N2O2. The fourth-order valence-electron chi connectivity index (χ4n) is 3.48. The molecule has 1 heterocycles. The third-order valence-corrected chi connectivity index (χ3v) is 4.70. The van der Waals surface area contributed by atoms with Gasteiger partial charge in [0.15, 0.2) is 0 Å². The molecule has 1 saturated carbocycles. The summed E-state index contributed by atoms with van der Waals surface area (Å²) in [5.74, 6) is 0.108. The Labute approximate surface area is 126 Å². The summed E-state index contributed by atoms with van der Waals surface area (Å²) in [7, 11) is 0. The summed E-state index contributed by atoms with van der Waals surface area (Å²) in [5.41, 5.74) is 0.369. The number of nitrogens with zero attached hydrogens (tertiary/aromatic N) is 1. The van der Waals surface area contributed by atoms with Crippen molar-refractivity contribution in [1.29, 1.82) is 0 Å². The molecular weight excluding hydrogens is 264 g/mol. The standard InChI is InChI=1S/C17H24N2O2/c20-16(12-17(21)9-4-5-10-17)19-11-8-15(13-19)18-14-6-2-1-3-7-14/h1-3,6-7,15,18,21H,4-5,8-13H2. The van der Waals surface area contributed by atoms with E-state index in [2.05, 4.69) is 5.32 Å². The summed E-state index contributed by atoms with van der Waals surface area (Å²) in [6, 6.07) is 10.4. The second-order valence-electron chi connectivity index (χ2n) is 6.44. The van der Waals surface area contributed by atoms with E-state index in [1.54, 1.807) is 0 Å². The molecule has 1 saturated heterocycles. The summed E-state index contributed by atoms with van der Waals surface area (Å²) in [6.07, 6.45) is 4.91. The largest absolute Gasteiger partial charge is 0.389 e. The molecule has 1 aliphatic carbocycles. The number of hydrogen-bond donors (Lipinski definition) is 2. The zero-order chi connectivity index (χ0) is 14.7. The van der Waals surface area contributed by atoms with Crippen LogP contribution in [-0.2, 0) is 4.79 Å². The van der Waals surface area contributed by atoms with Crippen molar-refractivity contribution in [3.8, 4) is 0 Å². The number of anilines is 1. The third-order valence-electron chi connectivity index (χ3n) is 4.70. The summed E-state index contributed by atoms with van der Waals surface area (Å²) >= 11 is 0. The van der Waals surface area contributed by atoms with Crippen LogP contribution in [0.4, 0.5) is 5.69 Å². The fraction of sp³-hybridized carbons (Fsp3) is 0.588. The van der Waals surface area contributed by atoms with Crippen molar-refractivity contribution in [2.45, 2.75) is 50.2 Å². The normalized spacial score (nSPS) is 24.2. The molecule has 1 aromatic carbocycles. The molecule has 0 spiro atoms. The molecule has 0 radical (unpaired) electrons. The highest BCUT2D eigenvalue weighted by molar-refractivity contribution is 5.77. The average molecular weight is 288 g/mol. The predicted molar refractivity (Wildman–Crippen MR) is 83.1 cm³/mol. The Hall–Kier alpha value is -1.55. The van der Waals surface area contributed by atoms with Gasteiger partial charge in [-0.05, 0) is 31.4 Å². The molecule has 114 valence electrons. The van der Waals surface area contributed by atoms with E-state index in [1.165, 1.54) is 0 Å². The predicted octanol–water partition coefficient (Wildman–Crippen LogP) is 2.39. The molecule has 1 unspecified atom stereocenters. The summed E-state index contributed by atoms with van der Waals surface area (Å²) in [5, 5.41) is 13.8. The van der Waals surface area contributed by atoms with E-state index in [4.69, 9.17) is 0 Å². The van der Waals surface area contributed by atoms with Gasteiger partial charge in [-0.2, -0.15) is 0 Å². The van der Waals surface area contributed by atoms with Crippen LogP contribution in [0, 0.1) is 0 Å². The molecule has 1 aliphatic heterocycles. The Morgan fingerprint density at radius 2 is 2.00 bits per heavy atom. The number of amides is 1. The van der Waals surface area contributed by atoms with Gasteiger partial charge in [-0.1, -0.05) is 31.0 Å². The van der Waals surface area contributed by atoms with Gasteiger partial charge in [-0.3, -0.25) is 4.79 Å². The van der Waals surface area contributed by atoms with Crippen LogP contribution in [0.5, 0.6) is 0 Å². The Balaban J connectivity index is 1.51. The van der Waals surface area contributed by atoms with Gasteiger partial charge in [0.25, 0.3) is 0 Å². The van der Waals surface area contributed by atoms with Gasteiger partial charge in [0.1, 0.15) is 0 Å². The molecule has 2 aliphatic rings. The molecule has 0 aromatic heterocycles. The Kier molecular flexibility index (Phi) is 4.15. The van der Waals surface area contributed by atoms with Crippen molar-refractivity contribution in [1.82, 2.24) is 4.90 Å². The van der Waals surface area contributed by atoms with Crippen LogP contribution in [0.2, 0.25) is 0 Å². The zero-order valence-corrected chi connectivity index (χ0v) is 12.4. The smallest absolute Gasteiger partial charge is 0.225 e. The maximum absolute atomic E-state index is 12.3. The van der Waals surface area contributed by atoms with E-state index in [0.717, 1.165) is 50.9 Å². The summed E-state index contributed by atoms with van der Waals surface area (Å²) < 4.78 is 0. The lowest BCUT2D eigenvalue weighted by Crippen LogP contribution is -2.37. The van der Waals surface area contributed by atoms with Gasteiger partial charge in [-0.25, -0.2) is 0 Å². The number of carbonyl (C=O) groups is 1. The lowest BCUT2D eigenvalue weighted by molar-refractivity contribution is -0.135. The maximum atomic E-state index is 12.3. The van der Waals surface area contributed by atoms with Crippen LogP contribution in [0.15, 0.2) is 30.3 Å². The van der Waals surface area contributed by atoms with Crippen molar-refractivity contribution in [2.75, 3.05) is 18.4 Å². The topological polar surface area (TPSA) is 52.6 Å². The van der Waals surface area contributed by atoms with E-state index >= 15 is 0 Å². The number of carbonyl (C=O) groups excluding carboxylic acids is 1. The minimum absolute atomic E-state index is 0.108. The lowest BCUT2D eigenvalue weighted by Gasteiger charge is -2.25.